The Hall–Kier alpha value is -4.24. The quantitative estimate of drug-likeness (QED) is 0.468. The van der Waals surface area contributed by atoms with Crippen LogP contribution in [0.15, 0.2) is 77.6 Å². The molecule has 3 heterocycles. The molecule has 0 unspecified atom stereocenters. The molecule has 9 heteroatoms. The molecular formula is C22H15FN6O2. The molecule has 8 nitrogen and oxygen atoms in total. The van der Waals surface area contributed by atoms with Gasteiger partial charge in [-0.15, -0.1) is 5.10 Å². The van der Waals surface area contributed by atoms with E-state index in [0.29, 0.717) is 28.3 Å². The molecule has 0 saturated heterocycles. The summed E-state index contributed by atoms with van der Waals surface area (Å²) < 4.78 is 21.4. The van der Waals surface area contributed by atoms with Crippen LogP contribution in [0.5, 0.6) is 0 Å². The summed E-state index contributed by atoms with van der Waals surface area (Å²) in [5, 5.41) is 21.8. The van der Waals surface area contributed by atoms with Gasteiger partial charge in [0, 0.05) is 23.5 Å². The van der Waals surface area contributed by atoms with Crippen LogP contribution < -0.4 is 0 Å². The van der Waals surface area contributed by atoms with E-state index >= 15 is 0 Å². The fourth-order valence-corrected chi connectivity index (χ4v) is 3.23. The van der Waals surface area contributed by atoms with Crippen molar-refractivity contribution in [3.05, 3.63) is 84.4 Å². The molecule has 0 bridgehead atoms. The van der Waals surface area contributed by atoms with Gasteiger partial charge in [-0.3, -0.25) is 4.98 Å². The van der Waals surface area contributed by atoms with Crippen molar-refractivity contribution in [2.45, 2.75) is 6.61 Å². The van der Waals surface area contributed by atoms with Crippen LogP contribution in [-0.4, -0.2) is 35.2 Å². The summed E-state index contributed by atoms with van der Waals surface area (Å²) in [6.45, 7) is -0.0955. The predicted octanol–water partition coefficient (Wildman–Crippen LogP) is 3.68. The van der Waals surface area contributed by atoms with Crippen LogP contribution in [-0.2, 0) is 6.61 Å². The van der Waals surface area contributed by atoms with Crippen LogP contribution in [0.4, 0.5) is 4.39 Å². The number of aromatic nitrogens is 6. The highest BCUT2D eigenvalue weighted by Crippen LogP contribution is 2.32. The summed E-state index contributed by atoms with van der Waals surface area (Å²) >= 11 is 0. The maximum Gasteiger partial charge on any atom is 0.281 e. The maximum atomic E-state index is 14.5. The number of aliphatic hydroxyl groups is 1. The van der Waals surface area contributed by atoms with E-state index in [2.05, 4.69) is 25.4 Å². The molecule has 5 rings (SSSR count). The summed E-state index contributed by atoms with van der Waals surface area (Å²) in [7, 11) is 0. The lowest BCUT2D eigenvalue weighted by Crippen LogP contribution is -2.02. The van der Waals surface area contributed by atoms with Gasteiger partial charge in [-0.25, -0.2) is 9.07 Å². The molecule has 1 N–H and O–H groups in total. The molecule has 0 aliphatic heterocycles. The molecule has 0 aliphatic rings. The van der Waals surface area contributed by atoms with Crippen molar-refractivity contribution in [1.82, 2.24) is 30.1 Å². The number of hydrogen-bond donors (Lipinski definition) is 1. The van der Waals surface area contributed by atoms with Crippen LogP contribution in [0.1, 0.15) is 5.56 Å². The first kappa shape index (κ1) is 18.8. The Morgan fingerprint density at radius 2 is 1.81 bits per heavy atom. The van der Waals surface area contributed by atoms with Gasteiger partial charge < -0.3 is 9.63 Å². The Balaban J connectivity index is 1.65. The van der Waals surface area contributed by atoms with Crippen molar-refractivity contribution in [1.29, 1.82) is 0 Å². The average molecular weight is 414 g/mol. The molecule has 5 aromatic rings. The van der Waals surface area contributed by atoms with Gasteiger partial charge in [-0.1, -0.05) is 40.7 Å². The third-order valence-corrected chi connectivity index (χ3v) is 4.70. The SMILES string of the molecule is OCc1cccc(-c2noc(-c3nnn(-c4ccccc4F)c3-c3ccncc3)n2)c1. The second kappa shape index (κ2) is 7.88. The number of rotatable bonds is 5. The van der Waals surface area contributed by atoms with Gasteiger partial charge in [0.25, 0.3) is 5.89 Å². The lowest BCUT2D eigenvalue weighted by atomic mass is 10.1. The van der Waals surface area contributed by atoms with Gasteiger partial charge in [0.05, 0.1) is 6.61 Å². The number of para-hydroxylation sites is 1. The van der Waals surface area contributed by atoms with E-state index in [1.807, 2.05) is 6.07 Å². The van der Waals surface area contributed by atoms with E-state index in [-0.39, 0.29) is 18.2 Å². The van der Waals surface area contributed by atoms with Crippen LogP contribution in [0.25, 0.3) is 39.9 Å². The molecule has 2 aromatic carbocycles. The molecule has 0 saturated carbocycles. The third-order valence-electron chi connectivity index (χ3n) is 4.70. The summed E-state index contributed by atoms with van der Waals surface area (Å²) in [5.74, 6) is 0.0338. The highest BCUT2D eigenvalue weighted by molar-refractivity contribution is 5.76. The molecule has 0 fully saturated rings. The van der Waals surface area contributed by atoms with Gasteiger partial charge in [0.2, 0.25) is 5.82 Å². The third kappa shape index (κ3) is 3.47. The van der Waals surface area contributed by atoms with Crippen molar-refractivity contribution < 1.29 is 14.0 Å². The highest BCUT2D eigenvalue weighted by atomic mass is 19.1. The van der Waals surface area contributed by atoms with Crippen molar-refractivity contribution in [3.63, 3.8) is 0 Å². The van der Waals surface area contributed by atoms with Gasteiger partial charge in [-0.2, -0.15) is 4.98 Å². The highest BCUT2D eigenvalue weighted by Gasteiger charge is 2.24. The average Bonchev–Trinajstić information content (AvgIpc) is 3.47. The van der Waals surface area contributed by atoms with E-state index in [9.17, 15) is 9.50 Å². The van der Waals surface area contributed by atoms with Crippen LogP contribution >= 0.6 is 0 Å². The lowest BCUT2D eigenvalue weighted by molar-refractivity contribution is 0.282. The number of aliphatic hydroxyl groups excluding tert-OH is 1. The second-order valence-corrected chi connectivity index (χ2v) is 6.67. The second-order valence-electron chi connectivity index (χ2n) is 6.67. The zero-order valence-electron chi connectivity index (χ0n) is 16.1. The summed E-state index contributed by atoms with van der Waals surface area (Å²) in [6.07, 6.45) is 3.24. The molecule has 152 valence electrons. The van der Waals surface area contributed by atoms with E-state index in [1.54, 1.807) is 60.9 Å². The zero-order valence-corrected chi connectivity index (χ0v) is 16.1. The number of benzene rings is 2. The molecule has 0 radical (unpaired) electrons. The molecule has 0 spiro atoms. The van der Waals surface area contributed by atoms with Crippen molar-refractivity contribution in [3.8, 4) is 39.9 Å². The fourth-order valence-electron chi connectivity index (χ4n) is 3.23. The number of halogens is 1. The normalized spacial score (nSPS) is 11.0. The molecule has 3 aromatic heterocycles. The summed E-state index contributed by atoms with van der Waals surface area (Å²) in [4.78, 5) is 8.50. The number of pyridine rings is 1. The summed E-state index contributed by atoms with van der Waals surface area (Å²) in [5.41, 5.74) is 3.17. The maximum absolute atomic E-state index is 14.5. The van der Waals surface area contributed by atoms with Gasteiger partial charge in [0.1, 0.15) is 17.2 Å². The van der Waals surface area contributed by atoms with E-state index in [4.69, 9.17) is 4.52 Å². The first-order valence-electron chi connectivity index (χ1n) is 9.40. The Labute approximate surface area is 175 Å². The van der Waals surface area contributed by atoms with E-state index in [0.717, 1.165) is 5.56 Å². The van der Waals surface area contributed by atoms with Crippen molar-refractivity contribution in [2.75, 3.05) is 0 Å². The predicted molar refractivity (Wildman–Crippen MR) is 109 cm³/mol. The van der Waals surface area contributed by atoms with Gasteiger partial charge in [0.15, 0.2) is 5.69 Å². The van der Waals surface area contributed by atoms with E-state index in [1.165, 1.54) is 10.7 Å². The molecule has 0 amide bonds. The minimum absolute atomic E-state index is 0.0955. The van der Waals surface area contributed by atoms with Gasteiger partial charge >= 0.3 is 0 Å². The monoisotopic (exact) mass is 414 g/mol. The molecule has 0 aliphatic carbocycles. The van der Waals surface area contributed by atoms with Gasteiger partial charge in [-0.05, 0) is 35.9 Å². The molecule has 31 heavy (non-hydrogen) atoms. The minimum Gasteiger partial charge on any atom is -0.392 e. The summed E-state index contributed by atoms with van der Waals surface area (Å²) in [6, 6.07) is 17.0. The topological polar surface area (TPSA) is 103 Å². The first-order chi connectivity index (χ1) is 15.2. The van der Waals surface area contributed by atoms with Crippen LogP contribution in [0.2, 0.25) is 0 Å². The number of nitrogens with zero attached hydrogens (tertiary/aromatic N) is 6. The Morgan fingerprint density at radius 3 is 2.61 bits per heavy atom. The largest absolute Gasteiger partial charge is 0.392 e. The fraction of sp³-hybridized carbons (Fsp3) is 0.0455. The molecule has 0 atom stereocenters. The molecular weight excluding hydrogens is 399 g/mol. The van der Waals surface area contributed by atoms with Crippen LogP contribution in [0.3, 0.4) is 0 Å². The van der Waals surface area contributed by atoms with Crippen molar-refractivity contribution >= 4 is 0 Å². The Kier molecular flexibility index (Phi) is 4.77. The van der Waals surface area contributed by atoms with E-state index < -0.39 is 5.82 Å². The smallest absolute Gasteiger partial charge is 0.281 e. The van der Waals surface area contributed by atoms with Crippen molar-refractivity contribution in [2.24, 2.45) is 0 Å². The zero-order chi connectivity index (χ0) is 21.2. The Morgan fingerprint density at radius 1 is 0.968 bits per heavy atom. The van der Waals surface area contributed by atoms with Crippen LogP contribution in [0, 0.1) is 5.82 Å². The number of hydrogen-bond acceptors (Lipinski definition) is 7. The lowest BCUT2D eigenvalue weighted by Gasteiger charge is -2.08. The first-order valence-corrected chi connectivity index (χ1v) is 9.40. The minimum atomic E-state index is -0.443. The standard InChI is InChI=1S/C22H15FN6O2/c23-17-6-1-2-7-18(17)29-20(15-8-10-24-11-9-15)19(26-28-29)22-25-21(27-31-22)16-5-3-4-14(12-16)13-30/h1-12,30H,13H2. The Bertz CT molecular complexity index is 1350.